The van der Waals surface area contributed by atoms with E-state index in [9.17, 15) is 4.79 Å². The highest BCUT2D eigenvalue weighted by Gasteiger charge is 2.15. The number of amides is 1. The van der Waals surface area contributed by atoms with E-state index < -0.39 is 0 Å². The quantitative estimate of drug-likeness (QED) is 0.774. The van der Waals surface area contributed by atoms with Gasteiger partial charge in [0.1, 0.15) is 6.54 Å². The van der Waals surface area contributed by atoms with Crippen LogP contribution in [-0.4, -0.2) is 33.1 Å². The van der Waals surface area contributed by atoms with Gasteiger partial charge in [-0.25, -0.2) is 0 Å². The molecule has 0 bridgehead atoms. The van der Waals surface area contributed by atoms with Crippen LogP contribution in [0.4, 0.5) is 11.4 Å². The maximum Gasteiger partial charge on any atom is 0.279 e. The van der Waals surface area contributed by atoms with Crippen molar-refractivity contribution < 1.29 is 9.69 Å². The molecule has 0 radical (unpaired) electrons. The summed E-state index contributed by atoms with van der Waals surface area (Å²) in [6.45, 7) is 4.09. The van der Waals surface area contributed by atoms with E-state index in [-0.39, 0.29) is 5.91 Å². The van der Waals surface area contributed by atoms with E-state index in [4.69, 9.17) is 23.2 Å². The van der Waals surface area contributed by atoms with Crippen LogP contribution < -0.4 is 15.1 Å². The summed E-state index contributed by atoms with van der Waals surface area (Å²) in [6, 6.07) is 13.4. The Kier molecular flexibility index (Phi) is 7.12. The molecule has 0 aromatic heterocycles. The molecule has 25 heavy (non-hydrogen) atoms. The molecule has 0 aliphatic carbocycles. The number of benzene rings is 2. The molecule has 0 saturated carbocycles. The van der Waals surface area contributed by atoms with Crippen molar-refractivity contribution in [3.63, 3.8) is 0 Å². The second-order valence-electron chi connectivity index (χ2n) is 6.19. The first-order chi connectivity index (χ1) is 11.9. The van der Waals surface area contributed by atoms with Crippen molar-refractivity contribution in [2.75, 3.05) is 37.4 Å². The number of halogens is 2. The van der Waals surface area contributed by atoms with Crippen molar-refractivity contribution in [2.24, 2.45) is 0 Å². The molecule has 4 nitrogen and oxygen atoms in total. The van der Waals surface area contributed by atoms with Gasteiger partial charge in [0.15, 0.2) is 6.54 Å². The molecule has 2 rings (SSSR count). The second-order valence-corrected chi connectivity index (χ2v) is 7.03. The molecule has 134 valence electrons. The molecule has 6 heteroatoms. The van der Waals surface area contributed by atoms with Gasteiger partial charge in [0, 0.05) is 30.4 Å². The van der Waals surface area contributed by atoms with Gasteiger partial charge in [-0.15, -0.1) is 0 Å². The number of hydrogen-bond acceptors (Lipinski definition) is 2. The van der Waals surface area contributed by atoms with E-state index in [1.807, 2.05) is 14.1 Å². The maximum atomic E-state index is 12.3. The van der Waals surface area contributed by atoms with Gasteiger partial charge in [0.2, 0.25) is 0 Å². The Morgan fingerprint density at radius 2 is 1.80 bits per heavy atom. The highest BCUT2D eigenvalue weighted by molar-refractivity contribution is 6.35. The molecular formula is C19H24Cl2N3O+. The average molecular weight is 381 g/mol. The van der Waals surface area contributed by atoms with Crippen LogP contribution in [0.2, 0.25) is 10.0 Å². The van der Waals surface area contributed by atoms with Crippen LogP contribution in [0.25, 0.3) is 0 Å². The minimum absolute atomic E-state index is 0.0778. The van der Waals surface area contributed by atoms with Crippen molar-refractivity contribution in [1.82, 2.24) is 0 Å². The second kappa shape index (κ2) is 9.09. The molecule has 0 spiro atoms. The van der Waals surface area contributed by atoms with E-state index in [0.29, 0.717) is 22.3 Å². The fourth-order valence-electron chi connectivity index (χ4n) is 2.53. The van der Waals surface area contributed by atoms with Crippen molar-refractivity contribution in [3.05, 3.63) is 58.1 Å². The zero-order chi connectivity index (χ0) is 18.4. The molecule has 2 aromatic carbocycles. The van der Waals surface area contributed by atoms with Crippen LogP contribution in [0.3, 0.4) is 0 Å². The molecule has 0 saturated heterocycles. The number of rotatable bonds is 7. The number of likely N-dealkylation sites (N-methyl/N-ethyl adjacent to an activating group) is 1. The van der Waals surface area contributed by atoms with Crippen molar-refractivity contribution in [2.45, 2.75) is 13.5 Å². The van der Waals surface area contributed by atoms with E-state index >= 15 is 0 Å². The monoisotopic (exact) mass is 380 g/mol. The number of carbonyl (C=O) groups excluding carboxylic acids is 1. The first kappa shape index (κ1) is 19.6. The van der Waals surface area contributed by atoms with Gasteiger partial charge in [0.05, 0.1) is 17.3 Å². The van der Waals surface area contributed by atoms with Crippen molar-refractivity contribution in [1.29, 1.82) is 0 Å². The largest absolute Gasteiger partial charge is 0.378 e. The molecule has 1 amide bonds. The first-order valence-electron chi connectivity index (χ1n) is 8.23. The lowest BCUT2D eigenvalue weighted by atomic mass is 10.2. The van der Waals surface area contributed by atoms with Crippen molar-refractivity contribution in [3.8, 4) is 0 Å². The van der Waals surface area contributed by atoms with E-state index in [2.05, 4.69) is 41.4 Å². The summed E-state index contributed by atoms with van der Waals surface area (Å²) in [5.74, 6) is -0.0778. The number of nitrogens with one attached hydrogen (secondary N) is 2. The van der Waals surface area contributed by atoms with Gasteiger partial charge in [-0.3, -0.25) is 4.79 Å². The highest BCUT2D eigenvalue weighted by Crippen LogP contribution is 2.25. The van der Waals surface area contributed by atoms with E-state index in [0.717, 1.165) is 18.8 Å². The summed E-state index contributed by atoms with van der Waals surface area (Å²) < 4.78 is 0. The van der Waals surface area contributed by atoms with Crippen molar-refractivity contribution >= 4 is 40.5 Å². The summed E-state index contributed by atoms with van der Waals surface area (Å²) >= 11 is 12.1. The molecule has 0 aliphatic heterocycles. The van der Waals surface area contributed by atoms with Gasteiger partial charge < -0.3 is 15.1 Å². The van der Waals surface area contributed by atoms with Crippen LogP contribution in [0.1, 0.15) is 12.5 Å². The molecule has 0 aliphatic rings. The molecular weight excluding hydrogens is 357 g/mol. The Morgan fingerprint density at radius 3 is 2.40 bits per heavy atom. The van der Waals surface area contributed by atoms with Gasteiger partial charge in [0.25, 0.3) is 5.91 Å². The molecule has 0 heterocycles. The number of quaternary nitrogens is 1. The summed E-state index contributed by atoms with van der Waals surface area (Å²) in [5.41, 5.74) is 2.91. The Morgan fingerprint density at radius 1 is 1.12 bits per heavy atom. The Labute approximate surface area is 159 Å². The summed E-state index contributed by atoms with van der Waals surface area (Å²) in [6.07, 6.45) is 0. The zero-order valence-corrected chi connectivity index (χ0v) is 16.3. The zero-order valence-electron chi connectivity index (χ0n) is 14.8. The Balaban J connectivity index is 1.96. The number of hydrogen-bond donors (Lipinski definition) is 2. The summed E-state index contributed by atoms with van der Waals surface area (Å²) in [5, 5.41) is 3.87. The minimum Gasteiger partial charge on any atom is -0.378 e. The van der Waals surface area contributed by atoms with Crippen LogP contribution in [0.15, 0.2) is 42.5 Å². The SMILES string of the molecule is CC[NH+](CC(=O)Nc1cc(Cl)ccc1Cl)Cc1ccc(N(C)C)cc1. The van der Waals surface area contributed by atoms with Crippen LogP contribution in [0, 0.1) is 0 Å². The predicted octanol–water partition coefficient (Wildman–Crippen LogP) is 3.10. The van der Waals surface area contributed by atoms with E-state index in [1.54, 1.807) is 18.2 Å². The molecule has 1 atom stereocenters. The average Bonchev–Trinajstić information content (AvgIpc) is 2.58. The van der Waals surface area contributed by atoms with Gasteiger partial charge in [-0.1, -0.05) is 35.3 Å². The first-order valence-corrected chi connectivity index (χ1v) is 8.99. The standard InChI is InChI=1S/C19H23Cl2N3O/c1-4-24(12-14-5-8-16(9-6-14)23(2)3)13-19(25)22-18-11-15(20)7-10-17(18)21/h5-11H,4,12-13H2,1-3H3,(H,22,25)/p+1. The molecule has 1 unspecified atom stereocenters. The van der Waals surface area contributed by atoms with Gasteiger partial charge >= 0.3 is 0 Å². The third-order valence-electron chi connectivity index (χ3n) is 4.02. The summed E-state index contributed by atoms with van der Waals surface area (Å²) in [7, 11) is 4.04. The number of nitrogens with zero attached hydrogens (tertiary/aromatic N) is 1. The fourth-order valence-corrected chi connectivity index (χ4v) is 2.86. The molecule has 2 aromatic rings. The van der Waals surface area contributed by atoms with Gasteiger partial charge in [-0.2, -0.15) is 0 Å². The smallest absolute Gasteiger partial charge is 0.279 e. The number of anilines is 2. The topological polar surface area (TPSA) is 36.8 Å². The normalized spacial score (nSPS) is 11.9. The van der Waals surface area contributed by atoms with Crippen LogP contribution >= 0.6 is 23.2 Å². The fraction of sp³-hybridized carbons (Fsp3) is 0.316. The van der Waals surface area contributed by atoms with Crippen LogP contribution in [0.5, 0.6) is 0 Å². The van der Waals surface area contributed by atoms with E-state index in [1.165, 1.54) is 10.5 Å². The lowest BCUT2D eigenvalue weighted by molar-refractivity contribution is -0.903. The third kappa shape index (κ3) is 5.92. The maximum absolute atomic E-state index is 12.3. The lowest BCUT2D eigenvalue weighted by Gasteiger charge is -2.18. The predicted molar refractivity (Wildman–Crippen MR) is 106 cm³/mol. The number of carbonyl (C=O) groups is 1. The summed E-state index contributed by atoms with van der Waals surface area (Å²) in [4.78, 5) is 15.6. The molecule has 2 N–H and O–H groups in total. The van der Waals surface area contributed by atoms with Crippen LogP contribution in [-0.2, 0) is 11.3 Å². The lowest BCUT2D eigenvalue weighted by Crippen LogP contribution is -3.11. The Hall–Kier alpha value is -1.75. The Bertz CT molecular complexity index is 717. The third-order valence-corrected chi connectivity index (χ3v) is 4.58. The van der Waals surface area contributed by atoms with Gasteiger partial charge in [-0.05, 0) is 37.3 Å². The molecule has 0 fully saturated rings. The highest BCUT2D eigenvalue weighted by atomic mass is 35.5. The minimum atomic E-state index is -0.0778.